The third-order valence-electron chi connectivity index (χ3n) is 4.75. The molecule has 0 unspecified atom stereocenters. The number of aromatic nitrogens is 6. The number of allylic oxidation sites excluding steroid dienone is 1. The first-order valence-corrected chi connectivity index (χ1v) is 9.76. The molecule has 0 aliphatic carbocycles. The Kier molecular flexibility index (Phi) is 5.85. The molecule has 1 aromatic carbocycles. The molecular weight excluding hydrogens is 380 g/mol. The van der Waals surface area contributed by atoms with Crippen molar-refractivity contribution in [2.75, 3.05) is 13.7 Å². The molecule has 30 heavy (non-hydrogen) atoms. The predicted molar refractivity (Wildman–Crippen MR) is 113 cm³/mol. The quantitative estimate of drug-likeness (QED) is 0.397. The van der Waals surface area contributed by atoms with Gasteiger partial charge in [0.15, 0.2) is 5.82 Å². The van der Waals surface area contributed by atoms with Crippen molar-refractivity contribution >= 4 is 0 Å². The highest BCUT2D eigenvalue weighted by molar-refractivity contribution is 5.79. The summed E-state index contributed by atoms with van der Waals surface area (Å²) >= 11 is 0. The Balaban J connectivity index is 1.75. The molecule has 4 rings (SSSR count). The maximum Gasteiger partial charge on any atom is 0.246 e. The molecule has 0 atom stereocenters. The number of rotatable bonds is 9. The zero-order chi connectivity index (χ0) is 20.9. The molecule has 154 valence electrons. The lowest BCUT2D eigenvalue weighted by atomic mass is 10.1. The minimum atomic E-state index is 0.418. The summed E-state index contributed by atoms with van der Waals surface area (Å²) in [6.45, 7) is 7.41. The summed E-state index contributed by atoms with van der Waals surface area (Å²) in [4.78, 5) is 9.18. The van der Waals surface area contributed by atoms with E-state index in [1.54, 1.807) is 13.4 Å². The second kappa shape index (κ2) is 8.87. The van der Waals surface area contributed by atoms with Crippen molar-refractivity contribution in [1.82, 2.24) is 29.5 Å². The van der Waals surface area contributed by atoms with Crippen molar-refractivity contribution in [3.05, 3.63) is 72.9 Å². The molecule has 0 saturated heterocycles. The van der Waals surface area contributed by atoms with Gasteiger partial charge < -0.3 is 13.8 Å². The van der Waals surface area contributed by atoms with E-state index in [4.69, 9.17) is 14.2 Å². The lowest BCUT2D eigenvalue weighted by molar-refractivity contribution is 0.199. The average Bonchev–Trinajstić information content (AvgIpc) is 3.46. The third kappa shape index (κ3) is 4.08. The summed E-state index contributed by atoms with van der Waals surface area (Å²) in [6, 6.07) is 10.1. The van der Waals surface area contributed by atoms with Gasteiger partial charge in [-0.15, -0.1) is 6.58 Å². The molecule has 3 aromatic heterocycles. The summed E-state index contributed by atoms with van der Waals surface area (Å²) in [7, 11) is 1.65. The van der Waals surface area contributed by atoms with Gasteiger partial charge in [0, 0.05) is 30.9 Å². The van der Waals surface area contributed by atoms with Gasteiger partial charge in [0.25, 0.3) is 0 Å². The lowest BCUT2D eigenvalue weighted by Gasteiger charge is -2.08. The molecular formula is C22H24N6O2. The average molecular weight is 404 g/mol. The Morgan fingerprint density at radius 1 is 1.23 bits per heavy atom. The van der Waals surface area contributed by atoms with Crippen LogP contribution in [-0.4, -0.2) is 43.2 Å². The van der Waals surface area contributed by atoms with Gasteiger partial charge >= 0.3 is 0 Å². The molecule has 0 saturated carbocycles. The van der Waals surface area contributed by atoms with Crippen LogP contribution in [-0.2, 0) is 24.2 Å². The predicted octanol–water partition coefficient (Wildman–Crippen LogP) is 3.53. The fourth-order valence-electron chi connectivity index (χ4n) is 3.36. The first kappa shape index (κ1) is 19.8. The van der Waals surface area contributed by atoms with E-state index in [1.165, 1.54) is 0 Å². The van der Waals surface area contributed by atoms with E-state index >= 15 is 0 Å². The van der Waals surface area contributed by atoms with Gasteiger partial charge in [0.2, 0.25) is 5.89 Å². The first-order chi connectivity index (χ1) is 14.7. The lowest BCUT2D eigenvalue weighted by Crippen LogP contribution is -2.02. The molecule has 0 bridgehead atoms. The van der Waals surface area contributed by atoms with E-state index in [0.29, 0.717) is 37.8 Å². The van der Waals surface area contributed by atoms with Crippen molar-refractivity contribution in [1.29, 1.82) is 0 Å². The van der Waals surface area contributed by atoms with Crippen molar-refractivity contribution in [2.45, 2.75) is 26.4 Å². The van der Waals surface area contributed by atoms with Gasteiger partial charge in [0.05, 0.1) is 36.6 Å². The second-order valence-electron chi connectivity index (χ2n) is 6.92. The number of benzene rings is 1. The minimum absolute atomic E-state index is 0.418. The van der Waals surface area contributed by atoms with Crippen LogP contribution in [0.2, 0.25) is 0 Å². The number of methoxy groups -OCH3 is 1. The van der Waals surface area contributed by atoms with Gasteiger partial charge in [-0.2, -0.15) is 10.1 Å². The number of nitrogens with zero attached hydrogens (tertiary/aromatic N) is 6. The highest BCUT2D eigenvalue weighted by atomic mass is 16.5. The Morgan fingerprint density at radius 2 is 2.07 bits per heavy atom. The van der Waals surface area contributed by atoms with E-state index in [1.807, 2.05) is 46.6 Å². The van der Waals surface area contributed by atoms with Crippen LogP contribution >= 0.6 is 0 Å². The molecule has 0 aliphatic heterocycles. The van der Waals surface area contributed by atoms with Crippen molar-refractivity contribution < 1.29 is 9.26 Å². The number of aryl methyl sites for hydroxylation is 1. The van der Waals surface area contributed by atoms with Crippen LogP contribution in [0.5, 0.6) is 0 Å². The highest BCUT2D eigenvalue weighted by Gasteiger charge is 2.20. The molecule has 0 aliphatic rings. The second-order valence-corrected chi connectivity index (χ2v) is 6.92. The van der Waals surface area contributed by atoms with Gasteiger partial charge in [-0.25, -0.2) is 4.98 Å². The molecule has 0 fully saturated rings. The topological polar surface area (TPSA) is 83.8 Å². The van der Waals surface area contributed by atoms with Gasteiger partial charge in [-0.3, -0.25) is 4.68 Å². The maximum absolute atomic E-state index is 5.45. The molecule has 0 amide bonds. The summed E-state index contributed by atoms with van der Waals surface area (Å²) < 4.78 is 14.4. The molecule has 0 radical (unpaired) electrons. The van der Waals surface area contributed by atoms with E-state index in [2.05, 4.69) is 34.0 Å². The summed E-state index contributed by atoms with van der Waals surface area (Å²) in [5.41, 5.74) is 4.81. The Morgan fingerprint density at radius 3 is 2.83 bits per heavy atom. The van der Waals surface area contributed by atoms with E-state index in [9.17, 15) is 0 Å². The fraction of sp³-hybridized carbons (Fsp3) is 0.273. The minimum Gasteiger partial charge on any atom is -0.384 e. The zero-order valence-electron chi connectivity index (χ0n) is 17.2. The third-order valence-corrected chi connectivity index (χ3v) is 4.75. The smallest absolute Gasteiger partial charge is 0.246 e. The van der Waals surface area contributed by atoms with Crippen LogP contribution in [0.4, 0.5) is 0 Å². The Bertz CT molecular complexity index is 1130. The molecule has 8 heteroatoms. The van der Waals surface area contributed by atoms with Crippen LogP contribution in [0.25, 0.3) is 22.5 Å². The van der Waals surface area contributed by atoms with E-state index in [-0.39, 0.29) is 0 Å². The van der Waals surface area contributed by atoms with Crippen LogP contribution < -0.4 is 0 Å². The van der Waals surface area contributed by atoms with Crippen LogP contribution in [0.3, 0.4) is 0 Å². The number of hydrogen-bond acceptors (Lipinski definition) is 6. The molecule has 0 spiro atoms. The molecule has 4 aromatic rings. The normalized spacial score (nSPS) is 11.1. The molecule has 3 heterocycles. The Labute approximate surface area is 174 Å². The van der Waals surface area contributed by atoms with Crippen LogP contribution in [0.1, 0.15) is 17.4 Å². The number of ether oxygens (including phenoxy) is 1. The maximum atomic E-state index is 5.45. The summed E-state index contributed by atoms with van der Waals surface area (Å²) in [6.07, 6.45) is 6.26. The van der Waals surface area contributed by atoms with Gasteiger partial charge in [0.1, 0.15) is 6.54 Å². The first-order valence-electron chi connectivity index (χ1n) is 9.76. The largest absolute Gasteiger partial charge is 0.384 e. The van der Waals surface area contributed by atoms with Gasteiger partial charge in [-0.05, 0) is 6.92 Å². The number of hydrogen-bond donors (Lipinski definition) is 0. The van der Waals surface area contributed by atoms with Gasteiger partial charge in [-0.1, -0.05) is 41.6 Å². The fourth-order valence-corrected chi connectivity index (χ4v) is 3.36. The van der Waals surface area contributed by atoms with Crippen LogP contribution in [0.15, 0.2) is 60.0 Å². The summed E-state index contributed by atoms with van der Waals surface area (Å²) in [5.74, 6) is 1.15. The van der Waals surface area contributed by atoms with Crippen molar-refractivity contribution in [3.8, 4) is 22.5 Å². The van der Waals surface area contributed by atoms with Crippen molar-refractivity contribution in [3.63, 3.8) is 0 Å². The Hall–Kier alpha value is -3.52. The number of imidazole rings is 1. The van der Waals surface area contributed by atoms with E-state index in [0.717, 1.165) is 28.2 Å². The summed E-state index contributed by atoms with van der Waals surface area (Å²) in [5, 5.41) is 8.65. The van der Waals surface area contributed by atoms with Crippen LogP contribution in [0, 0.1) is 6.92 Å². The SMILES string of the molecule is C=CCn1cc(-c2c(-c3ccccc3)ncn2Cc2nc(CCOC)no2)c(C)n1. The monoisotopic (exact) mass is 404 g/mol. The zero-order valence-corrected chi connectivity index (χ0v) is 17.2. The molecule has 8 nitrogen and oxygen atoms in total. The molecule has 0 N–H and O–H groups in total. The van der Waals surface area contributed by atoms with E-state index < -0.39 is 0 Å². The standard InChI is InChI=1S/C22H24N6O2/c1-4-11-28-13-18(16(2)25-28)22-21(17-8-6-5-7-9-17)23-15-27(22)14-20-24-19(26-30-20)10-12-29-3/h4-9,13,15H,1,10-12,14H2,2-3H3. The highest BCUT2D eigenvalue weighted by Crippen LogP contribution is 2.33. The van der Waals surface area contributed by atoms with Crippen molar-refractivity contribution in [2.24, 2.45) is 0 Å².